The monoisotopic (exact) mass is 316 g/mol. The Balaban J connectivity index is 1.88. The molecule has 4 nitrogen and oxygen atoms in total. The third kappa shape index (κ3) is 3.15. The molecule has 1 aliphatic rings. The summed E-state index contributed by atoms with van der Waals surface area (Å²) in [5, 5.41) is 2.66. The summed E-state index contributed by atoms with van der Waals surface area (Å²) in [6.07, 6.45) is 1.30. The number of benzene rings is 2. The van der Waals surface area contributed by atoms with Crippen LogP contribution in [0.25, 0.3) is 11.1 Å². The smallest absolute Gasteiger partial charge is 0.169 e. The summed E-state index contributed by atoms with van der Waals surface area (Å²) in [5.74, 6) is 0. The topological polar surface area (TPSA) is 49.4 Å². The molecule has 22 heavy (non-hydrogen) atoms. The average molecular weight is 316 g/mol. The predicted octanol–water partition coefficient (Wildman–Crippen LogP) is 2.13. The van der Waals surface area contributed by atoms with Crippen LogP contribution >= 0.6 is 0 Å². The molecule has 1 aliphatic heterocycles. The van der Waals surface area contributed by atoms with Crippen LogP contribution in [0.4, 0.5) is 5.69 Å². The largest absolute Gasteiger partial charge is 0.353 e. The van der Waals surface area contributed by atoms with Crippen LogP contribution in [0.1, 0.15) is 0 Å². The molecule has 2 aromatic rings. The van der Waals surface area contributed by atoms with Crippen molar-refractivity contribution < 1.29 is 8.42 Å². The van der Waals surface area contributed by atoms with Gasteiger partial charge in [-0.2, -0.15) is 0 Å². The lowest BCUT2D eigenvalue weighted by atomic mass is 10.1. The van der Waals surface area contributed by atoms with Crippen LogP contribution in [0.3, 0.4) is 0 Å². The maximum atomic E-state index is 12.0. The SMILES string of the molecule is CS(=O)(=O)C1CNCCN1c1ccc(-c2ccccc2)cc1. The van der Waals surface area contributed by atoms with E-state index in [4.69, 9.17) is 0 Å². The Morgan fingerprint density at radius 2 is 1.64 bits per heavy atom. The lowest BCUT2D eigenvalue weighted by molar-refractivity contribution is 0.522. The fourth-order valence-corrected chi connectivity index (χ4v) is 3.94. The minimum atomic E-state index is -3.12. The summed E-state index contributed by atoms with van der Waals surface area (Å²) in [6.45, 7) is 1.97. The van der Waals surface area contributed by atoms with Crippen molar-refractivity contribution in [3.8, 4) is 11.1 Å². The number of rotatable bonds is 3. The first-order chi connectivity index (χ1) is 10.6. The van der Waals surface area contributed by atoms with E-state index in [-0.39, 0.29) is 0 Å². The van der Waals surface area contributed by atoms with Gasteiger partial charge >= 0.3 is 0 Å². The third-order valence-corrected chi connectivity index (χ3v) is 5.41. The molecule has 5 heteroatoms. The molecular formula is C17H20N2O2S. The normalized spacial score (nSPS) is 19.1. The standard InChI is InChI=1S/C17H20N2O2S/c1-22(20,21)17-13-18-11-12-19(17)16-9-7-15(8-10-16)14-5-3-2-4-6-14/h2-10,17-18H,11-13H2,1H3. The Labute approximate surface area is 131 Å². The summed E-state index contributed by atoms with van der Waals surface area (Å²) in [4.78, 5) is 1.97. The summed E-state index contributed by atoms with van der Waals surface area (Å²) < 4.78 is 24.0. The molecule has 0 bridgehead atoms. The van der Waals surface area contributed by atoms with Crippen LogP contribution < -0.4 is 10.2 Å². The van der Waals surface area contributed by atoms with E-state index in [2.05, 4.69) is 17.4 Å². The second kappa shape index (κ2) is 6.10. The molecule has 1 saturated heterocycles. The van der Waals surface area contributed by atoms with Gasteiger partial charge in [-0.3, -0.25) is 0 Å². The van der Waals surface area contributed by atoms with Crippen LogP contribution in [-0.4, -0.2) is 39.7 Å². The fraction of sp³-hybridized carbons (Fsp3) is 0.294. The van der Waals surface area contributed by atoms with Gasteiger partial charge in [0.15, 0.2) is 9.84 Å². The number of hydrogen-bond acceptors (Lipinski definition) is 4. The van der Waals surface area contributed by atoms with Gasteiger partial charge in [-0.25, -0.2) is 8.42 Å². The van der Waals surface area contributed by atoms with Gasteiger partial charge in [0.05, 0.1) is 0 Å². The van der Waals surface area contributed by atoms with Crippen molar-refractivity contribution in [1.82, 2.24) is 5.32 Å². The first-order valence-electron chi connectivity index (χ1n) is 7.37. The van der Waals surface area contributed by atoms with E-state index in [1.54, 1.807) is 0 Å². The number of piperazine rings is 1. The number of sulfone groups is 1. The quantitative estimate of drug-likeness (QED) is 0.942. The highest BCUT2D eigenvalue weighted by Crippen LogP contribution is 2.25. The van der Waals surface area contributed by atoms with Crippen LogP contribution in [0, 0.1) is 0 Å². The van der Waals surface area contributed by atoms with Crippen molar-refractivity contribution in [1.29, 1.82) is 0 Å². The maximum absolute atomic E-state index is 12.0. The summed E-state index contributed by atoms with van der Waals surface area (Å²) in [7, 11) is -3.12. The van der Waals surface area contributed by atoms with Crippen molar-refractivity contribution in [2.75, 3.05) is 30.8 Å². The first kappa shape index (κ1) is 15.1. The molecule has 2 aromatic carbocycles. The highest BCUT2D eigenvalue weighted by atomic mass is 32.2. The zero-order valence-corrected chi connectivity index (χ0v) is 13.4. The van der Waals surface area contributed by atoms with E-state index < -0.39 is 15.2 Å². The minimum absolute atomic E-state index is 0.471. The van der Waals surface area contributed by atoms with Crippen molar-refractivity contribution in [2.24, 2.45) is 0 Å². The molecule has 0 saturated carbocycles. The molecule has 0 spiro atoms. The molecule has 1 unspecified atom stereocenters. The van der Waals surface area contributed by atoms with E-state index in [0.717, 1.165) is 23.4 Å². The van der Waals surface area contributed by atoms with Crippen LogP contribution in [0.5, 0.6) is 0 Å². The second-order valence-electron chi connectivity index (χ2n) is 5.59. The molecule has 1 N–H and O–H groups in total. The first-order valence-corrected chi connectivity index (χ1v) is 9.33. The number of hydrogen-bond donors (Lipinski definition) is 1. The van der Waals surface area contributed by atoms with Crippen molar-refractivity contribution in [2.45, 2.75) is 5.37 Å². The Hall–Kier alpha value is -1.85. The predicted molar refractivity (Wildman–Crippen MR) is 90.7 cm³/mol. The van der Waals surface area contributed by atoms with E-state index in [9.17, 15) is 8.42 Å². The number of anilines is 1. The second-order valence-corrected chi connectivity index (χ2v) is 7.80. The molecule has 116 valence electrons. The molecule has 0 aromatic heterocycles. The highest BCUT2D eigenvalue weighted by molar-refractivity contribution is 7.91. The van der Waals surface area contributed by atoms with Gasteiger partial charge < -0.3 is 10.2 Å². The lowest BCUT2D eigenvalue weighted by Gasteiger charge is -2.36. The van der Waals surface area contributed by atoms with Gasteiger partial charge in [0, 0.05) is 31.6 Å². The van der Waals surface area contributed by atoms with Crippen LogP contribution in [0.15, 0.2) is 54.6 Å². The van der Waals surface area contributed by atoms with Gasteiger partial charge in [0.2, 0.25) is 0 Å². The Morgan fingerprint density at radius 1 is 1.00 bits per heavy atom. The van der Waals surface area contributed by atoms with Gasteiger partial charge in [-0.05, 0) is 23.3 Å². The van der Waals surface area contributed by atoms with Crippen LogP contribution in [0.2, 0.25) is 0 Å². The lowest BCUT2D eigenvalue weighted by Crippen LogP contribution is -2.54. The van der Waals surface area contributed by atoms with E-state index in [0.29, 0.717) is 13.1 Å². The van der Waals surface area contributed by atoms with Crippen molar-refractivity contribution in [3.05, 3.63) is 54.6 Å². The highest BCUT2D eigenvalue weighted by Gasteiger charge is 2.30. The van der Waals surface area contributed by atoms with E-state index >= 15 is 0 Å². The van der Waals surface area contributed by atoms with Gasteiger partial charge in [0.25, 0.3) is 0 Å². The summed E-state index contributed by atoms with van der Waals surface area (Å²) >= 11 is 0. The molecule has 0 amide bonds. The molecule has 0 aliphatic carbocycles. The molecule has 1 atom stereocenters. The van der Waals surface area contributed by atoms with Crippen molar-refractivity contribution >= 4 is 15.5 Å². The molecule has 0 radical (unpaired) electrons. The minimum Gasteiger partial charge on any atom is -0.353 e. The van der Waals surface area contributed by atoms with Gasteiger partial charge in [0.1, 0.15) is 5.37 Å². The van der Waals surface area contributed by atoms with Crippen LogP contribution in [-0.2, 0) is 9.84 Å². The average Bonchev–Trinajstić information content (AvgIpc) is 2.55. The van der Waals surface area contributed by atoms with E-state index in [1.165, 1.54) is 6.26 Å². The van der Waals surface area contributed by atoms with Gasteiger partial charge in [-0.1, -0.05) is 42.5 Å². The Morgan fingerprint density at radius 3 is 2.27 bits per heavy atom. The zero-order valence-electron chi connectivity index (χ0n) is 12.6. The Bertz CT molecular complexity index is 727. The molecule has 3 rings (SSSR count). The number of nitrogens with one attached hydrogen (secondary N) is 1. The fourth-order valence-electron chi connectivity index (χ4n) is 2.83. The molecular weight excluding hydrogens is 296 g/mol. The zero-order chi connectivity index (χ0) is 15.6. The molecule has 1 heterocycles. The van der Waals surface area contributed by atoms with Gasteiger partial charge in [-0.15, -0.1) is 0 Å². The summed E-state index contributed by atoms with van der Waals surface area (Å²) in [5.41, 5.74) is 3.25. The maximum Gasteiger partial charge on any atom is 0.169 e. The summed E-state index contributed by atoms with van der Waals surface area (Å²) in [6, 6.07) is 18.3. The van der Waals surface area contributed by atoms with Crippen molar-refractivity contribution in [3.63, 3.8) is 0 Å². The number of nitrogens with zero attached hydrogens (tertiary/aromatic N) is 1. The Kier molecular flexibility index (Phi) is 4.18. The molecule has 1 fully saturated rings. The van der Waals surface area contributed by atoms with E-state index in [1.807, 2.05) is 47.4 Å². The third-order valence-electron chi connectivity index (χ3n) is 4.00.